The number of para-hydroxylation sites is 1. The van der Waals surface area contributed by atoms with Crippen LogP contribution >= 0.6 is 11.3 Å². The zero-order chi connectivity index (χ0) is 22.7. The molecule has 0 saturated heterocycles. The van der Waals surface area contributed by atoms with E-state index in [1.54, 1.807) is 18.4 Å². The van der Waals surface area contributed by atoms with Gasteiger partial charge in [0.05, 0.1) is 19.1 Å². The Bertz CT molecular complexity index is 1090. The predicted molar refractivity (Wildman–Crippen MR) is 127 cm³/mol. The Morgan fingerprint density at radius 2 is 1.84 bits per heavy atom. The fourth-order valence-electron chi connectivity index (χ4n) is 4.39. The average molecular weight is 449 g/mol. The molecule has 4 rings (SSSR count). The summed E-state index contributed by atoms with van der Waals surface area (Å²) in [7, 11) is 1.63. The van der Waals surface area contributed by atoms with Crippen LogP contribution in [0.2, 0.25) is 0 Å². The van der Waals surface area contributed by atoms with Gasteiger partial charge in [0.2, 0.25) is 5.91 Å². The molecule has 1 aliphatic heterocycles. The molecule has 0 bridgehead atoms. The minimum absolute atomic E-state index is 0.0125. The first-order valence-corrected chi connectivity index (χ1v) is 11.7. The molecule has 0 saturated carbocycles. The normalized spacial score (nSPS) is 17.9. The molecule has 1 aliphatic rings. The molecule has 0 radical (unpaired) electrons. The van der Waals surface area contributed by atoms with Crippen LogP contribution in [0.3, 0.4) is 0 Å². The van der Waals surface area contributed by atoms with Crippen molar-refractivity contribution in [3.63, 3.8) is 0 Å². The summed E-state index contributed by atoms with van der Waals surface area (Å²) in [5, 5.41) is 5.11. The van der Waals surface area contributed by atoms with Gasteiger partial charge in [-0.1, -0.05) is 56.3 Å². The summed E-state index contributed by atoms with van der Waals surface area (Å²) in [6.07, 6.45) is 0. The second-order valence-electron chi connectivity index (χ2n) is 8.41. The first kappa shape index (κ1) is 22.1. The molecule has 0 fully saturated rings. The van der Waals surface area contributed by atoms with Gasteiger partial charge in [0.1, 0.15) is 5.75 Å². The van der Waals surface area contributed by atoms with E-state index in [1.165, 1.54) is 0 Å². The third-order valence-electron chi connectivity index (χ3n) is 5.76. The molecule has 0 spiro atoms. The maximum atomic E-state index is 13.7. The molecule has 0 aliphatic carbocycles. The van der Waals surface area contributed by atoms with E-state index in [0.29, 0.717) is 18.7 Å². The first-order valence-electron chi connectivity index (χ1n) is 10.8. The molecule has 2 atom stereocenters. The van der Waals surface area contributed by atoms with Crippen LogP contribution < -0.4 is 10.1 Å². The molecule has 1 N–H and O–H groups in total. The Balaban J connectivity index is 1.73. The molecule has 0 unspecified atom stereocenters. The summed E-state index contributed by atoms with van der Waals surface area (Å²) in [6, 6.07) is 18.8. The zero-order valence-corrected chi connectivity index (χ0v) is 19.4. The Hall–Kier alpha value is -3.12. The highest BCUT2D eigenvalue weighted by molar-refractivity contribution is 7.10. The van der Waals surface area contributed by atoms with Crippen LogP contribution in [0.15, 0.2) is 66.0 Å². The maximum absolute atomic E-state index is 13.7. The van der Waals surface area contributed by atoms with Crippen LogP contribution in [0.4, 0.5) is 0 Å². The summed E-state index contributed by atoms with van der Waals surface area (Å²) in [5.74, 6) is 0.424. The van der Waals surface area contributed by atoms with E-state index in [9.17, 15) is 9.59 Å². The Labute approximate surface area is 193 Å². The number of rotatable bonds is 7. The highest BCUT2D eigenvalue weighted by atomic mass is 32.1. The molecule has 1 aromatic heterocycles. The Morgan fingerprint density at radius 1 is 1.09 bits per heavy atom. The Kier molecular flexibility index (Phi) is 6.61. The molecule has 32 heavy (non-hydrogen) atoms. The SMILES string of the molecule is COc1ccccc1CNC(=O)[C@@H]1c2ccccc2C(=O)N(CC(C)C)[C@H]1c1cccs1. The van der Waals surface area contributed by atoms with E-state index in [4.69, 9.17) is 4.74 Å². The van der Waals surface area contributed by atoms with E-state index in [-0.39, 0.29) is 23.8 Å². The molecular formula is C26H28N2O3S. The lowest BCUT2D eigenvalue weighted by atomic mass is 9.81. The van der Waals surface area contributed by atoms with Gasteiger partial charge in [0.25, 0.3) is 5.91 Å². The number of carbonyl (C=O) groups is 2. The molecule has 2 heterocycles. The lowest BCUT2D eigenvalue weighted by Crippen LogP contribution is -2.48. The summed E-state index contributed by atoms with van der Waals surface area (Å²) in [4.78, 5) is 30.1. The quantitative estimate of drug-likeness (QED) is 0.553. The number of nitrogens with zero attached hydrogens (tertiary/aromatic N) is 1. The van der Waals surface area contributed by atoms with Crippen LogP contribution in [0.5, 0.6) is 5.75 Å². The third-order valence-corrected chi connectivity index (χ3v) is 6.71. The van der Waals surface area contributed by atoms with Crippen molar-refractivity contribution in [1.29, 1.82) is 0 Å². The van der Waals surface area contributed by atoms with E-state index in [0.717, 1.165) is 21.8 Å². The Morgan fingerprint density at radius 3 is 2.56 bits per heavy atom. The minimum atomic E-state index is -0.490. The van der Waals surface area contributed by atoms with E-state index in [1.807, 2.05) is 70.9 Å². The molecule has 6 heteroatoms. The van der Waals surface area contributed by atoms with Crippen LogP contribution in [0, 0.1) is 5.92 Å². The second-order valence-corrected chi connectivity index (χ2v) is 9.39. The molecular weight excluding hydrogens is 420 g/mol. The van der Waals surface area contributed by atoms with Crippen LogP contribution in [-0.2, 0) is 11.3 Å². The number of nitrogens with one attached hydrogen (secondary N) is 1. The van der Waals surface area contributed by atoms with Gasteiger partial charge in [-0.3, -0.25) is 9.59 Å². The fraction of sp³-hybridized carbons (Fsp3) is 0.308. The number of hydrogen-bond donors (Lipinski definition) is 1. The molecule has 166 valence electrons. The number of thiophene rings is 1. The van der Waals surface area contributed by atoms with Crippen molar-refractivity contribution in [3.8, 4) is 5.75 Å². The van der Waals surface area contributed by atoms with Gasteiger partial charge in [-0.05, 0) is 35.1 Å². The van der Waals surface area contributed by atoms with Crippen LogP contribution in [0.1, 0.15) is 52.2 Å². The topological polar surface area (TPSA) is 58.6 Å². The first-order chi connectivity index (χ1) is 15.5. The van der Waals surface area contributed by atoms with Gasteiger partial charge in [-0.25, -0.2) is 0 Å². The maximum Gasteiger partial charge on any atom is 0.254 e. The lowest BCUT2D eigenvalue weighted by molar-refractivity contribution is -0.124. The van der Waals surface area contributed by atoms with Crippen molar-refractivity contribution in [2.45, 2.75) is 32.4 Å². The van der Waals surface area contributed by atoms with E-state index in [2.05, 4.69) is 19.2 Å². The van der Waals surface area contributed by atoms with Crippen LogP contribution in [-0.4, -0.2) is 30.4 Å². The number of carbonyl (C=O) groups excluding carboxylic acids is 2. The zero-order valence-electron chi connectivity index (χ0n) is 18.6. The van der Waals surface area contributed by atoms with E-state index >= 15 is 0 Å². The van der Waals surface area contributed by atoms with Gasteiger partial charge in [-0.15, -0.1) is 11.3 Å². The number of hydrogen-bond acceptors (Lipinski definition) is 4. The van der Waals surface area contributed by atoms with Crippen molar-refractivity contribution in [3.05, 3.63) is 87.6 Å². The number of amides is 2. The van der Waals surface area contributed by atoms with Gasteiger partial charge in [0.15, 0.2) is 0 Å². The number of fused-ring (bicyclic) bond motifs is 1. The summed E-state index contributed by atoms with van der Waals surface area (Å²) >= 11 is 1.58. The lowest BCUT2D eigenvalue weighted by Gasteiger charge is -2.42. The molecule has 2 aromatic carbocycles. The molecule has 5 nitrogen and oxygen atoms in total. The number of benzene rings is 2. The number of ether oxygens (including phenoxy) is 1. The van der Waals surface area contributed by atoms with Gasteiger partial charge in [0, 0.05) is 29.1 Å². The minimum Gasteiger partial charge on any atom is -0.496 e. The average Bonchev–Trinajstić information content (AvgIpc) is 3.33. The standard InChI is InChI=1S/C26H28N2O3S/c1-17(2)16-28-24(22-13-8-14-32-22)23(19-10-5-6-11-20(19)26(28)30)25(29)27-15-18-9-4-7-12-21(18)31-3/h4-14,17,23-24H,15-16H2,1-3H3,(H,27,29)/t23-,24+/m1/s1. The highest BCUT2D eigenvalue weighted by Gasteiger charge is 2.44. The van der Waals surface area contributed by atoms with Crippen LogP contribution in [0.25, 0.3) is 0 Å². The highest BCUT2D eigenvalue weighted by Crippen LogP contribution is 2.44. The third kappa shape index (κ3) is 4.28. The van der Waals surface area contributed by atoms with Crippen molar-refractivity contribution in [1.82, 2.24) is 10.2 Å². The predicted octanol–water partition coefficient (Wildman–Crippen LogP) is 5.01. The fourth-order valence-corrected chi connectivity index (χ4v) is 5.26. The van der Waals surface area contributed by atoms with Crippen molar-refractivity contribution in [2.75, 3.05) is 13.7 Å². The van der Waals surface area contributed by atoms with Crippen molar-refractivity contribution in [2.24, 2.45) is 5.92 Å². The number of methoxy groups -OCH3 is 1. The summed E-state index contributed by atoms with van der Waals surface area (Å²) < 4.78 is 5.43. The summed E-state index contributed by atoms with van der Waals surface area (Å²) in [5.41, 5.74) is 2.31. The monoisotopic (exact) mass is 448 g/mol. The largest absolute Gasteiger partial charge is 0.496 e. The van der Waals surface area contributed by atoms with Gasteiger partial charge >= 0.3 is 0 Å². The van der Waals surface area contributed by atoms with Gasteiger partial charge < -0.3 is 15.0 Å². The van der Waals surface area contributed by atoms with E-state index < -0.39 is 5.92 Å². The second kappa shape index (κ2) is 9.57. The van der Waals surface area contributed by atoms with Crippen molar-refractivity contribution >= 4 is 23.2 Å². The molecule has 3 aromatic rings. The summed E-state index contributed by atoms with van der Waals surface area (Å²) in [6.45, 7) is 5.13. The van der Waals surface area contributed by atoms with Gasteiger partial charge in [-0.2, -0.15) is 0 Å². The smallest absolute Gasteiger partial charge is 0.254 e. The van der Waals surface area contributed by atoms with Crippen molar-refractivity contribution < 1.29 is 14.3 Å². The molecule has 2 amide bonds.